The van der Waals surface area contributed by atoms with Crippen LogP contribution in [-0.4, -0.2) is 5.97 Å². The van der Waals surface area contributed by atoms with Crippen molar-refractivity contribution in [3.05, 3.63) is 12.7 Å². The van der Waals surface area contributed by atoms with Crippen molar-refractivity contribution in [1.29, 1.82) is 0 Å². The third-order valence-electron chi connectivity index (χ3n) is 0.257. The molecule has 0 rings (SSSR count). The molecule has 0 N–H and O–H groups in total. The van der Waals surface area contributed by atoms with Gasteiger partial charge >= 0.3 is 5.97 Å². The fraction of sp³-hybridized carbons (Fsp3) is 0. The van der Waals surface area contributed by atoms with E-state index in [2.05, 4.69) is 23.7 Å². The minimum Gasteiger partial charge on any atom is -0.391 e. The summed E-state index contributed by atoms with van der Waals surface area (Å²) >= 11 is 3.17. The molecule has 0 aromatic heterocycles. The Balaban J connectivity index is 0. The van der Waals surface area contributed by atoms with E-state index < -0.39 is 5.97 Å². The molecule has 0 atom stereocenters. The second kappa shape index (κ2) is 6.07. The molecule has 0 fully saturated rings. The fourth-order valence-electron chi connectivity index (χ4n) is 0.0373. The minimum atomic E-state index is -0.529. The first-order valence-electron chi connectivity index (χ1n) is 1.29. The topological polar surface area (TPSA) is 26.3 Å². The summed E-state index contributed by atoms with van der Waals surface area (Å²) in [5.74, 6) is -0.529. The second-order valence-electron chi connectivity index (χ2n) is 0.614. The van der Waals surface area contributed by atoms with E-state index in [-0.39, 0.29) is 16.8 Å². The number of rotatable bonds is 1. The van der Waals surface area contributed by atoms with Gasteiger partial charge in [-0.05, 0) is 0 Å². The number of thiol groups is 1. The molecule has 0 aromatic carbocycles. The van der Waals surface area contributed by atoms with Gasteiger partial charge in [-0.25, -0.2) is 4.79 Å². The average Bonchev–Trinajstić information content (AvgIpc) is 1.65. The molecule has 7 heavy (non-hydrogen) atoms. The van der Waals surface area contributed by atoms with Crippen LogP contribution in [-0.2, 0) is 25.8 Å². The third-order valence-corrected chi connectivity index (χ3v) is 0.437. The van der Waals surface area contributed by atoms with Crippen molar-refractivity contribution in [2.75, 3.05) is 0 Å². The Morgan fingerprint density at radius 1 is 1.86 bits per heavy atom. The quantitative estimate of drug-likeness (QED) is 0.347. The molecule has 2 nitrogen and oxygen atoms in total. The molecular formula is C3H4CoO2S. The summed E-state index contributed by atoms with van der Waals surface area (Å²) in [6, 6.07) is 0. The van der Waals surface area contributed by atoms with Gasteiger partial charge in [0, 0.05) is 35.8 Å². The maximum Gasteiger partial charge on any atom is 0.341 e. The zero-order valence-corrected chi connectivity index (χ0v) is 5.32. The van der Waals surface area contributed by atoms with E-state index in [1.165, 1.54) is 0 Å². The van der Waals surface area contributed by atoms with E-state index in [1.807, 2.05) is 0 Å². The monoisotopic (exact) mass is 163 g/mol. The molecule has 0 heterocycles. The Bertz CT molecular complexity index is 73.3. The largest absolute Gasteiger partial charge is 0.391 e. The summed E-state index contributed by atoms with van der Waals surface area (Å²) in [4.78, 5) is 9.76. The van der Waals surface area contributed by atoms with Crippen LogP contribution >= 0.6 is 12.9 Å². The van der Waals surface area contributed by atoms with Crippen LogP contribution in [0.2, 0.25) is 0 Å². The van der Waals surface area contributed by atoms with E-state index in [0.29, 0.717) is 0 Å². The molecule has 0 bridgehead atoms. The Morgan fingerprint density at radius 2 is 2.29 bits per heavy atom. The average molecular weight is 163 g/mol. The summed E-state index contributed by atoms with van der Waals surface area (Å²) in [7, 11) is 0. The molecule has 0 aromatic rings. The van der Waals surface area contributed by atoms with Gasteiger partial charge in [-0.3, -0.25) is 0 Å². The fourth-order valence-corrected chi connectivity index (χ4v) is 0.112. The van der Waals surface area contributed by atoms with Crippen LogP contribution in [0.4, 0.5) is 0 Å². The smallest absolute Gasteiger partial charge is 0.341 e. The summed E-state index contributed by atoms with van der Waals surface area (Å²) < 4.78 is 3.84. The summed E-state index contributed by atoms with van der Waals surface area (Å²) in [6.07, 6.45) is 1.03. The zero-order chi connectivity index (χ0) is 4.99. The van der Waals surface area contributed by atoms with Crippen molar-refractivity contribution in [3.63, 3.8) is 0 Å². The Morgan fingerprint density at radius 3 is 2.29 bits per heavy atom. The van der Waals surface area contributed by atoms with Gasteiger partial charge in [-0.1, -0.05) is 6.58 Å². The standard InChI is InChI=1S/C3H4O2S.Co/c1-2-3(4)5-6;/h2,6H,1H2;. The first kappa shape index (κ1) is 10.1. The summed E-state index contributed by atoms with van der Waals surface area (Å²) in [5, 5.41) is 0. The normalized spacial score (nSPS) is 5.86. The first-order chi connectivity index (χ1) is 2.81. The summed E-state index contributed by atoms with van der Waals surface area (Å²) in [6.45, 7) is 3.11. The van der Waals surface area contributed by atoms with Gasteiger partial charge in [-0.2, -0.15) is 0 Å². The molecule has 1 radical (unpaired) electrons. The van der Waals surface area contributed by atoms with Crippen molar-refractivity contribution in [2.24, 2.45) is 0 Å². The molecule has 4 heteroatoms. The van der Waals surface area contributed by atoms with E-state index in [1.54, 1.807) is 0 Å². The van der Waals surface area contributed by atoms with Gasteiger partial charge in [0.05, 0.1) is 0 Å². The van der Waals surface area contributed by atoms with Crippen LogP contribution in [0.1, 0.15) is 0 Å². The molecule has 0 saturated heterocycles. The SMILES string of the molecule is C=CC(=O)OS.[Co]. The third kappa shape index (κ3) is 6.07. The molecule has 0 spiro atoms. The second-order valence-corrected chi connectivity index (χ2v) is 0.797. The predicted molar refractivity (Wildman–Crippen MR) is 25.3 cm³/mol. The predicted octanol–water partition coefficient (Wildman–Crippen LogP) is 0.558. The number of carbonyl (C=O) groups is 1. The van der Waals surface area contributed by atoms with Gasteiger partial charge in [0.15, 0.2) is 0 Å². The van der Waals surface area contributed by atoms with Gasteiger partial charge in [-0.15, -0.1) is 0 Å². The van der Waals surface area contributed by atoms with Gasteiger partial charge in [0.1, 0.15) is 0 Å². The molecule has 0 aliphatic rings. The molecule has 0 unspecified atom stereocenters. The van der Waals surface area contributed by atoms with Crippen LogP contribution in [0.5, 0.6) is 0 Å². The molecule has 0 aliphatic carbocycles. The van der Waals surface area contributed by atoms with Crippen molar-refractivity contribution in [3.8, 4) is 0 Å². The van der Waals surface area contributed by atoms with Gasteiger partial charge in [0.2, 0.25) is 0 Å². The number of carbonyl (C=O) groups excluding carboxylic acids is 1. The van der Waals surface area contributed by atoms with E-state index >= 15 is 0 Å². The maximum atomic E-state index is 9.76. The van der Waals surface area contributed by atoms with Crippen LogP contribution in [0.15, 0.2) is 12.7 Å². The van der Waals surface area contributed by atoms with Crippen LogP contribution in [0.25, 0.3) is 0 Å². The molecule has 43 valence electrons. The van der Waals surface area contributed by atoms with Crippen LogP contribution in [0, 0.1) is 0 Å². The van der Waals surface area contributed by atoms with Crippen molar-refractivity contribution in [1.82, 2.24) is 0 Å². The van der Waals surface area contributed by atoms with E-state index in [0.717, 1.165) is 6.08 Å². The first-order valence-corrected chi connectivity index (χ1v) is 1.65. The summed E-state index contributed by atoms with van der Waals surface area (Å²) in [5.41, 5.74) is 0. The van der Waals surface area contributed by atoms with Gasteiger partial charge < -0.3 is 4.18 Å². The maximum absolute atomic E-state index is 9.76. The molecule has 0 amide bonds. The van der Waals surface area contributed by atoms with Crippen molar-refractivity contribution in [2.45, 2.75) is 0 Å². The molecule has 0 saturated carbocycles. The number of hydrogen-bond acceptors (Lipinski definition) is 3. The van der Waals surface area contributed by atoms with E-state index in [4.69, 9.17) is 0 Å². The Labute approximate surface area is 57.7 Å². The minimum absolute atomic E-state index is 0. The van der Waals surface area contributed by atoms with Gasteiger partial charge in [0.25, 0.3) is 0 Å². The van der Waals surface area contributed by atoms with E-state index in [9.17, 15) is 4.79 Å². The Hall–Kier alpha value is 0.0665. The number of hydrogen-bond donors (Lipinski definition) is 1. The zero-order valence-electron chi connectivity index (χ0n) is 3.38. The van der Waals surface area contributed by atoms with Crippen LogP contribution < -0.4 is 0 Å². The molecular weight excluding hydrogens is 159 g/mol. The van der Waals surface area contributed by atoms with Crippen LogP contribution in [0.3, 0.4) is 0 Å². The van der Waals surface area contributed by atoms with Crippen molar-refractivity contribution < 1.29 is 25.8 Å². The Kier molecular flexibility index (Phi) is 8.78. The van der Waals surface area contributed by atoms with Crippen molar-refractivity contribution >= 4 is 18.9 Å². The molecule has 0 aliphatic heterocycles.